The molecule has 1 aromatic carbocycles. The van der Waals surface area contributed by atoms with Crippen molar-refractivity contribution in [1.82, 2.24) is 14.9 Å². The van der Waals surface area contributed by atoms with Crippen LogP contribution in [-0.2, 0) is 13.5 Å². The van der Waals surface area contributed by atoms with Gasteiger partial charge in [-0.3, -0.25) is 0 Å². The summed E-state index contributed by atoms with van der Waals surface area (Å²) >= 11 is 0. The van der Waals surface area contributed by atoms with Crippen molar-refractivity contribution in [2.75, 3.05) is 6.54 Å². The minimum atomic E-state index is -0.170. The first-order valence-electron chi connectivity index (χ1n) is 7.57. The fourth-order valence-corrected chi connectivity index (χ4v) is 2.58. The normalized spacial score (nSPS) is 12.6. The quantitative estimate of drug-likeness (QED) is 0.845. The SMILES string of the molecule is CCCNC(CCc1nccn1C)c1cc(F)ccc1C. The highest BCUT2D eigenvalue weighted by Gasteiger charge is 2.15. The summed E-state index contributed by atoms with van der Waals surface area (Å²) in [5.74, 6) is 0.892. The molecule has 0 bridgehead atoms. The minimum Gasteiger partial charge on any atom is -0.338 e. The zero-order chi connectivity index (χ0) is 15.2. The lowest BCUT2D eigenvalue weighted by molar-refractivity contribution is 0.486. The molecule has 0 amide bonds. The van der Waals surface area contributed by atoms with E-state index in [1.54, 1.807) is 6.07 Å². The third-order valence-electron chi connectivity index (χ3n) is 3.84. The van der Waals surface area contributed by atoms with E-state index in [1.807, 2.05) is 37.0 Å². The maximum atomic E-state index is 13.6. The smallest absolute Gasteiger partial charge is 0.123 e. The molecule has 114 valence electrons. The molecule has 0 saturated heterocycles. The Hall–Kier alpha value is -1.68. The second-order valence-electron chi connectivity index (χ2n) is 5.50. The summed E-state index contributed by atoms with van der Waals surface area (Å²) in [5, 5.41) is 3.53. The van der Waals surface area contributed by atoms with Gasteiger partial charge in [0.1, 0.15) is 11.6 Å². The molecule has 1 heterocycles. The highest BCUT2D eigenvalue weighted by Crippen LogP contribution is 2.23. The van der Waals surface area contributed by atoms with Crippen molar-refractivity contribution in [2.24, 2.45) is 7.05 Å². The molecule has 0 saturated carbocycles. The van der Waals surface area contributed by atoms with Crippen LogP contribution in [0.4, 0.5) is 4.39 Å². The van der Waals surface area contributed by atoms with Crippen molar-refractivity contribution in [2.45, 2.75) is 39.2 Å². The molecule has 0 radical (unpaired) electrons. The van der Waals surface area contributed by atoms with E-state index < -0.39 is 0 Å². The van der Waals surface area contributed by atoms with Gasteiger partial charge in [-0.15, -0.1) is 0 Å². The number of hydrogen-bond donors (Lipinski definition) is 1. The Morgan fingerprint density at radius 1 is 1.38 bits per heavy atom. The van der Waals surface area contributed by atoms with Crippen LogP contribution in [0, 0.1) is 12.7 Å². The number of rotatable bonds is 7. The van der Waals surface area contributed by atoms with E-state index in [2.05, 4.69) is 17.2 Å². The maximum absolute atomic E-state index is 13.6. The number of aromatic nitrogens is 2. The summed E-state index contributed by atoms with van der Waals surface area (Å²) in [6.07, 6.45) is 6.62. The highest BCUT2D eigenvalue weighted by molar-refractivity contribution is 5.29. The third kappa shape index (κ3) is 4.14. The Morgan fingerprint density at radius 3 is 2.86 bits per heavy atom. The zero-order valence-electron chi connectivity index (χ0n) is 13.1. The molecule has 0 aliphatic carbocycles. The molecule has 0 spiro atoms. The molecular formula is C17H24FN3. The molecule has 21 heavy (non-hydrogen) atoms. The predicted molar refractivity (Wildman–Crippen MR) is 83.7 cm³/mol. The molecule has 2 aromatic rings. The van der Waals surface area contributed by atoms with Gasteiger partial charge in [0.25, 0.3) is 0 Å². The first-order valence-corrected chi connectivity index (χ1v) is 7.57. The molecule has 1 N–H and O–H groups in total. The van der Waals surface area contributed by atoms with E-state index in [-0.39, 0.29) is 11.9 Å². The summed E-state index contributed by atoms with van der Waals surface area (Å²) in [5.41, 5.74) is 2.18. The Labute approximate surface area is 126 Å². The largest absolute Gasteiger partial charge is 0.338 e. The van der Waals surface area contributed by atoms with E-state index in [4.69, 9.17) is 0 Å². The Kier molecular flexibility index (Phi) is 5.51. The molecule has 0 fully saturated rings. The molecule has 4 heteroatoms. The van der Waals surface area contributed by atoms with E-state index in [0.717, 1.165) is 42.8 Å². The predicted octanol–water partition coefficient (Wildman–Crippen LogP) is 3.54. The molecule has 3 nitrogen and oxygen atoms in total. The van der Waals surface area contributed by atoms with Crippen molar-refractivity contribution >= 4 is 0 Å². The van der Waals surface area contributed by atoms with E-state index in [9.17, 15) is 4.39 Å². The van der Waals surface area contributed by atoms with Crippen LogP contribution >= 0.6 is 0 Å². The first-order chi connectivity index (χ1) is 10.1. The van der Waals surface area contributed by atoms with E-state index >= 15 is 0 Å². The zero-order valence-corrected chi connectivity index (χ0v) is 13.1. The molecule has 0 aliphatic rings. The van der Waals surface area contributed by atoms with Crippen LogP contribution in [0.2, 0.25) is 0 Å². The van der Waals surface area contributed by atoms with Crippen LogP contribution in [-0.4, -0.2) is 16.1 Å². The average Bonchev–Trinajstić information content (AvgIpc) is 2.87. The average molecular weight is 289 g/mol. The lowest BCUT2D eigenvalue weighted by Crippen LogP contribution is -2.24. The van der Waals surface area contributed by atoms with Gasteiger partial charge in [-0.2, -0.15) is 0 Å². The molecule has 0 aliphatic heterocycles. The van der Waals surface area contributed by atoms with E-state index in [1.165, 1.54) is 6.07 Å². The second-order valence-corrected chi connectivity index (χ2v) is 5.50. The molecular weight excluding hydrogens is 265 g/mol. The van der Waals surface area contributed by atoms with Crippen LogP contribution in [0.1, 0.15) is 42.8 Å². The van der Waals surface area contributed by atoms with Gasteiger partial charge in [-0.05, 0) is 49.6 Å². The van der Waals surface area contributed by atoms with Crippen LogP contribution in [0.3, 0.4) is 0 Å². The van der Waals surface area contributed by atoms with Crippen LogP contribution in [0.15, 0.2) is 30.6 Å². The lowest BCUT2D eigenvalue weighted by Gasteiger charge is -2.21. The number of nitrogens with one attached hydrogen (secondary N) is 1. The number of hydrogen-bond acceptors (Lipinski definition) is 2. The Bertz CT molecular complexity index is 577. The van der Waals surface area contributed by atoms with Gasteiger partial charge >= 0.3 is 0 Å². The maximum Gasteiger partial charge on any atom is 0.123 e. The van der Waals surface area contributed by atoms with Crippen LogP contribution in [0.25, 0.3) is 0 Å². The minimum absolute atomic E-state index is 0.164. The van der Waals surface area contributed by atoms with Gasteiger partial charge in [-0.25, -0.2) is 9.37 Å². The van der Waals surface area contributed by atoms with Crippen molar-refractivity contribution in [3.05, 3.63) is 53.4 Å². The molecule has 1 unspecified atom stereocenters. The number of imidazole rings is 1. The Balaban J connectivity index is 2.13. The number of benzene rings is 1. The van der Waals surface area contributed by atoms with Gasteiger partial charge in [0, 0.05) is 31.9 Å². The number of aryl methyl sites for hydroxylation is 3. The molecule has 1 atom stereocenters. The summed E-state index contributed by atoms with van der Waals surface area (Å²) in [6.45, 7) is 5.11. The van der Waals surface area contributed by atoms with E-state index in [0.29, 0.717) is 0 Å². The van der Waals surface area contributed by atoms with Crippen molar-refractivity contribution in [3.63, 3.8) is 0 Å². The van der Waals surface area contributed by atoms with Crippen LogP contribution < -0.4 is 5.32 Å². The monoisotopic (exact) mass is 289 g/mol. The number of nitrogens with zero attached hydrogens (tertiary/aromatic N) is 2. The topological polar surface area (TPSA) is 29.9 Å². The first kappa shape index (κ1) is 15.7. The molecule has 2 rings (SSSR count). The van der Waals surface area contributed by atoms with Gasteiger partial charge < -0.3 is 9.88 Å². The Morgan fingerprint density at radius 2 is 2.19 bits per heavy atom. The third-order valence-corrected chi connectivity index (χ3v) is 3.84. The summed E-state index contributed by atoms with van der Waals surface area (Å²) in [7, 11) is 2.00. The van der Waals surface area contributed by atoms with Gasteiger partial charge in [0.05, 0.1) is 0 Å². The van der Waals surface area contributed by atoms with Gasteiger partial charge in [-0.1, -0.05) is 13.0 Å². The summed E-state index contributed by atoms with van der Waals surface area (Å²) < 4.78 is 15.6. The van der Waals surface area contributed by atoms with Crippen molar-refractivity contribution in [1.29, 1.82) is 0 Å². The van der Waals surface area contributed by atoms with Crippen molar-refractivity contribution < 1.29 is 4.39 Å². The van der Waals surface area contributed by atoms with Gasteiger partial charge in [0.15, 0.2) is 0 Å². The number of halogens is 1. The fourth-order valence-electron chi connectivity index (χ4n) is 2.58. The standard InChI is InChI=1S/C17H24FN3/c1-4-9-19-16(7-8-17-20-10-11-21(17)3)15-12-14(18)6-5-13(15)2/h5-6,10-12,16,19H,4,7-9H2,1-3H3. The fraction of sp³-hybridized carbons (Fsp3) is 0.471. The summed E-state index contributed by atoms with van der Waals surface area (Å²) in [6, 6.07) is 5.19. The highest BCUT2D eigenvalue weighted by atomic mass is 19.1. The lowest BCUT2D eigenvalue weighted by atomic mass is 9.97. The van der Waals surface area contributed by atoms with Crippen molar-refractivity contribution in [3.8, 4) is 0 Å². The molecule has 1 aromatic heterocycles. The summed E-state index contributed by atoms with van der Waals surface area (Å²) in [4.78, 5) is 4.36. The van der Waals surface area contributed by atoms with Gasteiger partial charge in [0.2, 0.25) is 0 Å². The van der Waals surface area contributed by atoms with Crippen LogP contribution in [0.5, 0.6) is 0 Å². The second kappa shape index (κ2) is 7.36.